The molecule has 1 aliphatic rings. The molecule has 0 radical (unpaired) electrons. The summed E-state index contributed by atoms with van der Waals surface area (Å²) in [6, 6.07) is 12.9. The Hall–Kier alpha value is -1.96. The fourth-order valence-electron chi connectivity index (χ4n) is 2.94. The zero-order chi connectivity index (χ0) is 18.6. The van der Waals surface area contributed by atoms with Gasteiger partial charge in [0.05, 0.1) is 23.8 Å². The van der Waals surface area contributed by atoms with E-state index in [1.54, 1.807) is 19.1 Å². The van der Waals surface area contributed by atoms with Crippen LogP contribution in [0.3, 0.4) is 0 Å². The molecule has 5 nitrogen and oxygen atoms in total. The smallest absolute Gasteiger partial charge is 0.264 e. The summed E-state index contributed by atoms with van der Waals surface area (Å²) in [6.45, 7) is 5.40. The third kappa shape index (κ3) is 4.23. The molecule has 2 aromatic rings. The summed E-state index contributed by atoms with van der Waals surface area (Å²) in [5.41, 5.74) is 0.912. The number of hydrogen-bond acceptors (Lipinski definition) is 4. The Morgan fingerprint density at radius 2 is 1.81 bits per heavy atom. The van der Waals surface area contributed by atoms with E-state index in [2.05, 4.69) is 4.90 Å². The first-order valence-electron chi connectivity index (χ1n) is 8.62. The van der Waals surface area contributed by atoms with Crippen molar-refractivity contribution in [3.8, 4) is 0 Å². The molecule has 3 rings (SSSR count). The molecule has 0 bridgehead atoms. The second kappa shape index (κ2) is 8.16. The molecule has 0 amide bonds. The van der Waals surface area contributed by atoms with Gasteiger partial charge in [-0.2, -0.15) is 0 Å². The maximum absolute atomic E-state index is 13.6. The molecular weight excluding hydrogens is 355 g/mol. The van der Waals surface area contributed by atoms with Gasteiger partial charge in [-0.3, -0.25) is 9.21 Å². The number of halogens is 1. The number of nitrogens with zero attached hydrogens (tertiary/aromatic N) is 2. The van der Waals surface area contributed by atoms with Crippen LogP contribution in [0.25, 0.3) is 0 Å². The van der Waals surface area contributed by atoms with Crippen molar-refractivity contribution in [1.82, 2.24) is 4.90 Å². The number of rotatable bonds is 6. The van der Waals surface area contributed by atoms with Gasteiger partial charge in [0.25, 0.3) is 10.0 Å². The number of anilines is 1. The van der Waals surface area contributed by atoms with Crippen LogP contribution in [0.15, 0.2) is 53.4 Å². The third-order valence-electron chi connectivity index (χ3n) is 4.48. The molecule has 26 heavy (non-hydrogen) atoms. The molecule has 140 valence electrons. The molecule has 0 atom stereocenters. The van der Waals surface area contributed by atoms with Crippen LogP contribution in [-0.4, -0.2) is 52.7 Å². The van der Waals surface area contributed by atoms with Crippen molar-refractivity contribution in [2.45, 2.75) is 11.8 Å². The van der Waals surface area contributed by atoms with Gasteiger partial charge in [-0.25, -0.2) is 12.8 Å². The van der Waals surface area contributed by atoms with Crippen LogP contribution in [0.4, 0.5) is 10.1 Å². The molecule has 0 N–H and O–H groups in total. The van der Waals surface area contributed by atoms with Gasteiger partial charge in [-0.15, -0.1) is 0 Å². The fourth-order valence-corrected chi connectivity index (χ4v) is 4.49. The Morgan fingerprint density at radius 1 is 1.12 bits per heavy atom. The molecular formula is C19H23FN2O3S. The number of ether oxygens (including phenoxy) is 1. The normalized spacial score (nSPS) is 15.8. The monoisotopic (exact) mass is 378 g/mol. The van der Waals surface area contributed by atoms with Crippen LogP contribution in [0.2, 0.25) is 0 Å². The molecule has 1 heterocycles. The predicted molar refractivity (Wildman–Crippen MR) is 99.4 cm³/mol. The summed E-state index contributed by atoms with van der Waals surface area (Å²) in [4.78, 5) is 2.28. The molecule has 1 aliphatic heterocycles. The first-order valence-corrected chi connectivity index (χ1v) is 10.1. The highest BCUT2D eigenvalue weighted by Gasteiger charge is 2.26. The van der Waals surface area contributed by atoms with Crippen LogP contribution in [0, 0.1) is 12.7 Å². The number of benzene rings is 2. The lowest BCUT2D eigenvalue weighted by atomic mass is 10.2. The second-order valence-electron chi connectivity index (χ2n) is 6.28. The maximum atomic E-state index is 13.6. The van der Waals surface area contributed by atoms with Crippen molar-refractivity contribution in [3.63, 3.8) is 0 Å². The number of para-hydroxylation sites is 1. The molecule has 0 aromatic heterocycles. The first-order chi connectivity index (χ1) is 12.5. The number of sulfonamides is 1. The Morgan fingerprint density at radius 3 is 2.46 bits per heavy atom. The van der Waals surface area contributed by atoms with E-state index in [-0.39, 0.29) is 4.90 Å². The standard InChI is InChI=1S/C19H23FN2O3S/c1-16-15-18(7-8-19(16)20)26(23,24)22(17-5-3-2-4-6-17)10-9-21-11-13-25-14-12-21/h2-8,15H,9-14H2,1H3. The molecule has 2 aromatic carbocycles. The van der Waals surface area contributed by atoms with Crippen LogP contribution in [-0.2, 0) is 14.8 Å². The SMILES string of the molecule is Cc1cc(S(=O)(=O)N(CCN2CCOCC2)c2ccccc2)ccc1F. The Bertz CT molecular complexity index is 837. The lowest BCUT2D eigenvalue weighted by Gasteiger charge is -2.30. The lowest BCUT2D eigenvalue weighted by molar-refractivity contribution is 0.0395. The van der Waals surface area contributed by atoms with Crippen molar-refractivity contribution >= 4 is 15.7 Å². The van der Waals surface area contributed by atoms with E-state index >= 15 is 0 Å². The average molecular weight is 378 g/mol. The molecule has 0 spiro atoms. The summed E-state index contributed by atoms with van der Waals surface area (Å²) in [6.07, 6.45) is 0. The predicted octanol–water partition coefficient (Wildman–Crippen LogP) is 2.66. The first kappa shape index (κ1) is 18.8. The van der Waals surface area contributed by atoms with Crippen molar-refractivity contribution in [2.75, 3.05) is 43.7 Å². The number of morpholine rings is 1. The highest BCUT2D eigenvalue weighted by atomic mass is 32.2. The van der Waals surface area contributed by atoms with Crippen molar-refractivity contribution in [3.05, 3.63) is 59.9 Å². The van der Waals surface area contributed by atoms with Crippen LogP contribution in [0.5, 0.6) is 0 Å². The van der Waals surface area contributed by atoms with Gasteiger partial charge in [0.1, 0.15) is 5.82 Å². The average Bonchev–Trinajstić information content (AvgIpc) is 2.65. The molecule has 1 fully saturated rings. The molecule has 0 aliphatic carbocycles. The maximum Gasteiger partial charge on any atom is 0.264 e. The minimum Gasteiger partial charge on any atom is -0.379 e. The molecule has 0 saturated carbocycles. The van der Waals surface area contributed by atoms with Gasteiger partial charge in [0.2, 0.25) is 0 Å². The molecule has 7 heteroatoms. The second-order valence-corrected chi connectivity index (χ2v) is 8.14. The zero-order valence-electron chi connectivity index (χ0n) is 14.8. The van der Waals surface area contributed by atoms with Crippen molar-refractivity contribution in [1.29, 1.82) is 0 Å². The van der Waals surface area contributed by atoms with Crippen molar-refractivity contribution < 1.29 is 17.5 Å². The van der Waals surface area contributed by atoms with Crippen LogP contribution >= 0.6 is 0 Å². The Labute approximate surface area is 154 Å². The van der Waals surface area contributed by atoms with E-state index in [9.17, 15) is 12.8 Å². The quantitative estimate of drug-likeness (QED) is 0.776. The Balaban J connectivity index is 1.89. The van der Waals surface area contributed by atoms with Crippen LogP contribution in [0.1, 0.15) is 5.56 Å². The largest absolute Gasteiger partial charge is 0.379 e. The highest BCUT2D eigenvalue weighted by Crippen LogP contribution is 2.24. The van der Waals surface area contributed by atoms with Gasteiger partial charge in [0.15, 0.2) is 0 Å². The molecule has 1 saturated heterocycles. The van der Waals surface area contributed by atoms with Gasteiger partial charge in [-0.05, 0) is 42.8 Å². The van der Waals surface area contributed by atoms with E-state index in [4.69, 9.17) is 4.74 Å². The Kier molecular flexibility index (Phi) is 5.90. The topological polar surface area (TPSA) is 49.9 Å². The third-order valence-corrected chi connectivity index (χ3v) is 6.31. The minimum absolute atomic E-state index is 0.0993. The fraction of sp³-hybridized carbons (Fsp3) is 0.368. The number of hydrogen-bond donors (Lipinski definition) is 0. The summed E-state index contributed by atoms with van der Waals surface area (Å²) >= 11 is 0. The summed E-state index contributed by atoms with van der Waals surface area (Å²) < 4.78 is 46.8. The van der Waals surface area contributed by atoms with Gasteiger partial charge < -0.3 is 4.74 Å². The van der Waals surface area contributed by atoms with E-state index in [0.29, 0.717) is 37.6 Å². The summed E-state index contributed by atoms with van der Waals surface area (Å²) in [5, 5.41) is 0. The van der Waals surface area contributed by atoms with E-state index in [0.717, 1.165) is 13.1 Å². The van der Waals surface area contributed by atoms with E-state index in [1.807, 2.05) is 18.2 Å². The van der Waals surface area contributed by atoms with Gasteiger partial charge in [-0.1, -0.05) is 18.2 Å². The van der Waals surface area contributed by atoms with Crippen LogP contribution < -0.4 is 4.31 Å². The van der Waals surface area contributed by atoms with Gasteiger partial charge in [0, 0.05) is 26.2 Å². The lowest BCUT2D eigenvalue weighted by Crippen LogP contribution is -2.43. The molecule has 0 unspecified atom stereocenters. The van der Waals surface area contributed by atoms with E-state index in [1.165, 1.54) is 22.5 Å². The van der Waals surface area contributed by atoms with Crippen molar-refractivity contribution in [2.24, 2.45) is 0 Å². The number of aryl methyl sites for hydroxylation is 1. The summed E-state index contributed by atoms with van der Waals surface area (Å²) in [7, 11) is -3.79. The van der Waals surface area contributed by atoms with E-state index < -0.39 is 15.8 Å². The van der Waals surface area contributed by atoms with Gasteiger partial charge >= 0.3 is 0 Å². The highest BCUT2D eigenvalue weighted by molar-refractivity contribution is 7.92. The zero-order valence-corrected chi connectivity index (χ0v) is 15.6. The summed E-state index contributed by atoms with van der Waals surface area (Å²) in [5.74, 6) is -0.413. The minimum atomic E-state index is -3.79.